The Morgan fingerprint density at radius 3 is 2.68 bits per heavy atom. The molecule has 1 heterocycles. The lowest BCUT2D eigenvalue weighted by molar-refractivity contribution is -0.154. The molecule has 0 atom stereocenters. The molecule has 1 aromatic heterocycles. The number of carbonyl (C=O) groups is 2. The highest BCUT2D eigenvalue weighted by Gasteiger charge is 2.44. The van der Waals surface area contributed by atoms with Gasteiger partial charge in [0.25, 0.3) is 0 Å². The SMILES string of the molecule is O=C(/C=C/c1ccc(Br)s1)NCC1(C(=O)O)CCC1. The third kappa shape index (κ3) is 3.45. The number of hydrogen-bond acceptors (Lipinski definition) is 3. The zero-order chi connectivity index (χ0) is 13.9. The third-order valence-corrected chi connectivity index (χ3v) is 4.95. The Labute approximate surface area is 123 Å². The van der Waals surface area contributed by atoms with Crippen LogP contribution in [0.5, 0.6) is 0 Å². The van der Waals surface area contributed by atoms with Crippen LogP contribution in [0.3, 0.4) is 0 Å². The number of carboxylic acids is 1. The van der Waals surface area contributed by atoms with E-state index >= 15 is 0 Å². The van der Waals surface area contributed by atoms with Gasteiger partial charge in [-0.05, 0) is 47.0 Å². The Bertz CT molecular complexity index is 520. The molecule has 0 aromatic carbocycles. The van der Waals surface area contributed by atoms with Crippen LogP contribution in [0.2, 0.25) is 0 Å². The fourth-order valence-electron chi connectivity index (χ4n) is 1.96. The number of rotatable bonds is 5. The summed E-state index contributed by atoms with van der Waals surface area (Å²) in [6.07, 6.45) is 5.36. The Morgan fingerprint density at radius 1 is 1.47 bits per heavy atom. The predicted octanol–water partition coefficient (Wildman–Crippen LogP) is 2.89. The lowest BCUT2D eigenvalue weighted by Crippen LogP contribution is -2.47. The lowest BCUT2D eigenvalue weighted by Gasteiger charge is -2.37. The highest BCUT2D eigenvalue weighted by Crippen LogP contribution is 2.40. The van der Waals surface area contributed by atoms with Crippen molar-refractivity contribution in [3.63, 3.8) is 0 Å². The van der Waals surface area contributed by atoms with Gasteiger partial charge in [0, 0.05) is 17.5 Å². The third-order valence-electron chi connectivity index (χ3n) is 3.36. The number of thiophene rings is 1. The van der Waals surface area contributed by atoms with Crippen molar-refractivity contribution in [2.24, 2.45) is 5.41 Å². The van der Waals surface area contributed by atoms with Crippen molar-refractivity contribution in [2.75, 3.05) is 6.54 Å². The molecular formula is C13H14BrNO3S. The maximum Gasteiger partial charge on any atom is 0.311 e. The van der Waals surface area contributed by atoms with Gasteiger partial charge in [-0.15, -0.1) is 11.3 Å². The highest BCUT2D eigenvalue weighted by molar-refractivity contribution is 9.11. The molecule has 1 aromatic rings. The number of carboxylic acid groups (broad SMARTS) is 1. The van der Waals surface area contributed by atoms with Crippen molar-refractivity contribution >= 4 is 45.2 Å². The molecule has 2 rings (SSSR count). The smallest absolute Gasteiger partial charge is 0.311 e. The molecule has 0 aliphatic heterocycles. The summed E-state index contributed by atoms with van der Waals surface area (Å²) in [6.45, 7) is 0.208. The van der Waals surface area contributed by atoms with Crippen molar-refractivity contribution in [2.45, 2.75) is 19.3 Å². The summed E-state index contributed by atoms with van der Waals surface area (Å²) >= 11 is 4.88. The van der Waals surface area contributed by atoms with Crippen LogP contribution in [0.4, 0.5) is 0 Å². The van der Waals surface area contributed by atoms with Gasteiger partial charge < -0.3 is 10.4 Å². The molecule has 0 radical (unpaired) electrons. The fraction of sp³-hybridized carbons (Fsp3) is 0.385. The molecule has 2 N–H and O–H groups in total. The van der Waals surface area contributed by atoms with E-state index < -0.39 is 11.4 Å². The van der Waals surface area contributed by atoms with Gasteiger partial charge in [-0.3, -0.25) is 9.59 Å². The highest BCUT2D eigenvalue weighted by atomic mass is 79.9. The van der Waals surface area contributed by atoms with E-state index in [0.29, 0.717) is 12.8 Å². The van der Waals surface area contributed by atoms with Gasteiger partial charge in [-0.1, -0.05) is 6.42 Å². The van der Waals surface area contributed by atoms with Crippen molar-refractivity contribution in [1.29, 1.82) is 0 Å². The van der Waals surface area contributed by atoms with Gasteiger partial charge in [-0.2, -0.15) is 0 Å². The summed E-state index contributed by atoms with van der Waals surface area (Å²) in [6, 6.07) is 3.82. The number of hydrogen-bond donors (Lipinski definition) is 2. The first-order valence-electron chi connectivity index (χ1n) is 5.96. The second kappa shape index (κ2) is 5.88. The summed E-state index contributed by atoms with van der Waals surface area (Å²) in [7, 11) is 0. The van der Waals surface area contributed by atoms with Gasteiger partial charge in [-0.25, -0.2) is 0 Å². The van der Waals surface area contributed by atoms with Crippen LogP contribution in [-0.2, 0) is 9.59 Å². The van der Waals surface area contributed by atoms with Crippen LogP contribution in [0, 0.1) is 5.41 Å². The van der Waals surface area contributed by atoms with Crippen molar-refractivity contribution in [3.05, 3.63) is 26.9 Å². The number of aliphatic carboxylic acids is 1. The summed E-state index contributed by atoms with van der Waals surface area (Å²) < 4.78 is 1.01. The molecule has 1 amide bonds. The first-order chi connectivity index (χ1) is 9.02. The summed E-state index contributed by atoms with van der Waals surface area (Å²) in [5, 5.41) is 11.8. The first kappa shape index (κ1) is 14.3. The molecule has 102 valence electrons. The second-order valence-electron chi connectivity index (χ2n) is 4.63. The van der Waals surface area contributed by atoms with Gasteiger partial charge in [0.15, 0.2) is 0 Å². The van der Waals surface area contributed by atoms with Crippen molar-refractivity contribution < 1.29 is 14.7 Å². The Kier molecular flexibility index (Phi) is 4.42. The Balaban J connectivity index is 1.85. The van der Waals surface area contributed by atoms with Crippen LogP contribution in [0.15, 0.2) is 22.0 Å². The fourth-order valence-corrected chi connectivity index (χ4v) is 3.29. The van der Waals surface area contributed by atoms with Crippen LogP contribution in [0.1, 0.15) is 24.1 Å². The molecule has 0 unspecified atom stereocenters. The molecule has 1 saturated carbocycles. The minimum atomic E-state index is -0.815. The minimum absolute atomic E-state index is 0.208. The molecule has 6 heteroatoms. The van der Waals surface area contributed by atoms with Crippen molar-refractivity contribution in [1.82, 2.24) is 5.32 Å². The standard InChI is InChI=1S/C13H14BrNO3S/c14-10-4-2-9(19-10)3-5-11(16)15-8-13(12(17)18)6-1-7-13/h2-5H,1,6-8H2,(H,15,16)(H,17,18)/b5-3+. The Morgan fingerprint density at radius 2 is 2.21 bits per heavy atom. The number of amides is 1. The lowest BCUT2D eigenvalue weighted by atomic mass is 9.69. The number of carbonyl (C=O) groups excluding carboxylic acids is 1. The number of nitrogens with one attached hydrogen (secondary N) is 1. The monoisotopic (exact) mass is 343 g/mol. The van der Waals surface area contributed by atoms with Gasteiger partial charge in [0.1, 0.15) is 0 Å². The maximum atomic E-state index is 11.6. The van der Waals surface area contributed by atoms with Crippen LogP contribution in [-0.4, -0.2) is 23.5 Å². The average Bonchev–Trinajstić information content (AvgIpc) is 2.70. The van der Waals surface area contributed by atoms with E-state index in [1.165, 1.54) is 17.4 Å². The molecule has 0 spiro atoms. The van der Waals surface area contributed by atoms with E-state index in [0.717, 1.165) is 15.1 Å². The average molecular weight is 344 g/mol. The van der Waals surface area contributed by atoms with Crippen molar-refractivity contribution in [3.8, 4) is 0 Å². The van der Waals surface area contributed by atoms with E-state index in [1.54, 1.807) is 6.08 Å². The molecule has 0 saturated heterocycles. The van der Waals surface area contributed by atoms with E-state index in [2.05, 4.69) is 21.2 Å². The molecular weight excluding hydrogens is 330 g/mol. The van der Waals surface area contributed by atoms with Gasteiger partial charge in [0.2, 0.25) is 5.91 Å². The Hall–Kier alpha value is -1.14. The van der Waals surface area contributed by atoms with Crippen LogP contribution >= 0.6 is 27.3 Å². The largest absolute Gasteiger partial charge is 0.481 e. The van der Waals surface area contributed by atoms with E-state index in [1.807, 2.05) is 12.1 Å². The van der Waals surface area contributed by atoms with E-state index in [9.17, 15) is 9.59 Å². The van der Waals surface area contributed by atoms with Gasteiger partial charge in [0.05, 0.1) is 9.20 Å². The summed E-state index contributed by atoms with van der Waals surface area (Å²) in [4.78, 5) is 23.7. The zero-order valence-electron chi connectivity index (χ0n) is 10.2. The molecule has 0 bridgehead atoms. The van der Waals surface area contributed by atoms with E-state index in [-0.39, 0.29) is 12.5 Å². The molecule has 1 fully saturated rings. The summed E-state index contributed by atoms with van der Waals surface area (Å²) in [5.74, 6) is -1.07. The number of halogens is 1. The van der Waals surface area contributed by atoms with Crippen LogP contribution in [0.25, 0.3) is 6.08 Å². The quantitative estimate of drug-likeness (QED) is 0.807. The van der Waals surface area contributed by atoms with E-state index in [4.69, 9.17) is 5.11 Å². The summed E-state index contributed by atoms with van der Waals surface area (Å²) in [5.41, 5.74) is -0.741. The second-order valence-corrected chi connectivity index (χ2v) is 7.13. The molecule has 4 nitrogen and oxygen atoms in total. The molecule has 1 aliphatic rings. The maximum absolute atomic E-state index is 11.6. The predicted molar refractivity (Wildman–Crippen MR) is 78.0 cm³/mol. The molecule has 1 aliphatic carbocycles. The normalized spacial score (nSPS) is 17.1. The first-order valence-corrected chi connectivity index (χ1v) is 7.57. The zero-order valence-corrected chi connectivity index (χ0v) is 12.6. The topological polar surface area (TPSA) is 66.4 Å². The molecule has 19 heavy (non-hydrogen) atoms. The van der Waals surface area contributed by atoms with Gasteiger partial charge >= 0.3 is 5.97 Å². The minimum Gasteiger partial charge on any atom is -0.481 e. The van der Waals surface area contributed by atoms with Crippen LogP contribution < -0.4 is 5.32 Å².